The molecule has 3 nitrogen and oxygen atoms in total. The molecule has 1 heterocycles. The molecule has 108 valence electrons. The molecule has 0 saturated carbocycles. The number of piperidine rings is 1. The van der Waals surface area contributed by atoms with Gasteiger partial charge in [-0.2, -0.15) is 0 Å². The number of nitrogens with one attached hydrogen (secondary N) is 2. The molecule has 1 aliphatic carbocycles. The van der Waals surface area contributed by atoms with Crippen LogP contribution in [-0.2, 0) is 24.2 Å². The van der Waals surface area contributed by atoms with Gasteiger partial charge >= 0.3 is 0 Å². The van der Waals surface area contributed by atoms with E-state index in [2.05, 4.69) is 28.8 Å². The molecule has 1 aliphatic heterocycles. The standard InChI is InChI=1S/C17H24N2O/c20-17(16-6-3-9-18-12-16)19-11-13-7-8-14-4-1-2-5-15(14)10-13/h7-8,10,16,18H,1-6,9,11-12H2,(H,19,20). The van der Waals surface area contributed by atoms with Crippen molar-refractivity contribution >= 4 is 5.91 Å². The molecule has 0 spiro atoms. The first-order valence-electron chi connectivity index (χ1n) is 7.92. The minimum Gasteiger partial charge on any atom is -0.352 e. The van der Waals surface area contributed by atoms with Gasteiger partial charge in [0.2, 0.25) is 5.91 Å². The van der Waals surface area contributed by atoms with Gasteiger partial charge in [0.15, 0.2) is 0 Å². The summed E-state index contributed by atoms with van der Waals surface area (Å²) in [5, 5.41) is 6.39. The maximum absolute atomic E-state index is 12.1. The highest BCUT2D eigenvalue weighted by Crippen LogP contribution is 2.22. The van der Waals surface area contributed by atoms with Crippen LogP contribution in [0.1, 0.15) is 42.4 Å². The molecule has 1 aromatic rings. The Morgan fingerprint density at radius 2 is 2.05 bits per heavy atom. The number of fused-ring (bicyclic) bond motifs is 1. The van der Waals surface area contributed by atoms with Crippen molar-refractivity contribution in [3.05, 3.63) is 34.9 Å². The maximum atomic E-state index is 12.1. The van der Waals surface area contributed by atoms with Crippen molar-refractivity contribution in [1.82, 2.24) is 10.6 Å². The van der Waals surface area contributed by atoms with E-state index in [1.54, 1.807) is 0 Å². The van der Waals surface area contributed by atoms with Crippen molar-refractivity contribution in [2.45, 2.75) is 45.1 Å². The fraction of sp³-hybridized carbons (Fsp3) is 0.588. The van der Waals surface area contributed by atoms with Gasteiger partial charge in [-0.05, 0) is 61.8 Å². The molecule has 1 atom stereocenters. The first-order valence-corrected chi connectivity index (χ1v) is 7.92. The SMILES string of the molecule is O=C(NCc1ccc2c(c1)CCCC2)C1CCCNC1. The molecule has 1 saturated heterocycles. The second-order valence-electron chi connectivity index (χ2n) is 6.07. The van der Waals surface area contributed by atoms with Gasteiger partial charge in [-0.25, -0.2) is 0 Å². The zero-order valence-electron chi connectivity index (χ0n) is 12.1. The van der Waals surface area contributed by atoms with E-state index in [9.17, 15) is 4.79 Å². The van der Waals surface area contributed by atoms with E-state index >= 15 is 0 Å². The van der Waals surface area contributed by atoms with Crippen LogP contribution in [-0.4, -0.2) is 19.0 Å². The normalized spacial score (nSPS) is 22.1. The van der Waals surface area contributed by atoms with Gasteiger partial charge in [0, 0.05) is 13.1 Å². The average Bonchev–Trinajstić information content (AvgIpc) is 2.53. The van der Waals surface area contributed by atoms with Crippen LogP contribution in [0, 0.1) is 5.92 Å². The predicted octanol–water partition coefficient (Wildman–Crippen LogP) is 2.18. The molecule has 1 unspecified atom stereocenters. The third-order valence-electron chi connectivity index (χ3n) is 4.55. The first-order chi connectivity index (χ1) is 9.83. The van der Waals surface area contributed by atoms with Gasteiger partial charge in [-0.15, -0.1) is 0 Å². The number of aryl methyl sites for hydroxylation is 2. The molecule has 1 amide bonds. The largest absolute Gasteiger partial charge is 0.352 e. The Hall–Kier alpha value is -1.35. The lowest BCUT2D eigenvalue weighted by Gasteiger charge is -2.22. The van der Waals surface area contributed by atoms with Crippen LogP contribution in [0.2, 0.25) is 0 Å². The highest BCUT2D eigenvalue weighted by Gasteiger charge is 2.20. The number of carbonyl (C=O) groups is 1. The Morgan fingerprint density at radius 1 is 1.20 bits per heavy atom. The summed E-state index contributed by atoms with van der Waals surface area (Å²) in [6.45, 7) is 2.55. The van der Waals surface area contributed by atoms with E-state index in [0.717, 1.165) is 25.9 Å². The summed E-state index contributed by atoms with van der Waals surface area (Å²) in [6.07, 6.45) is 7.16. The van der Waals surface area contributed by atoms with Gasteiger partial charge in [-0.3, -0.25) is 4.79 Å². The second kappa shape index (κ2) is 6.40. The highest BCUT2D eigenvalue weighted by molar-refractivity contribution is 5.78. The summed E-state index contributed by atoms with van der Waals surface area (Å²) >= 11 is 0. The fourth-order valence-corrected chi connectivity index (χ4v) is 3.31. The van der Waals surface area contributed by atoms with Crippen LogP contribution < -0.4 is 10.6 Å². The van der Waals surface area contributed by atoms with Crippen LogP contribution in [0.4, 0.5) is 0 Å². The molecule has 0 bridgehead atoms. The molecule has 0 aromatic heterocycles. The van der Waals surface area contributed by atoms with Gasteiger partial charge in [0.25, 0.3) is 0 Å². The lowest BCUT2D eigenvalue weighted by Crippen LogP contribution is -2.40. The Balaban J connectivity index is 1.56. The van der Waals surface area contributed by atoms with Crippen molar-refractivity contribution in [1.29, 1.82) is 0 Å². The average molecular weight is 272 g/mol. The lowest BCUT2D eigenvalue weighted by molar-refractivity contribution is -0.125. The summed E-state index contributed by atoms with van der Waals surface area (Å²) in [7, 11) is 0. The summed E-state index contributed by atoms with van der Waals surface area (Å²) in [4.78, 5) is 12.1. The molecule has 3 rings (SSSR count). The predicted molar refractivity (Wildman–Crippen MR) is 80.5 cm³/mol. The first kappa shape index (κ1) is 13.6. The molecular weight excluding hydrogens is 248 g/mol. The molecule has 1 aromatic carbocycles. The van der Waals surface area contributed by atoms with Crippen LogP contribution in [0.15, 0.2) is 18.2 Å². The summed E-state index contributed by atoms with van der Waals surface area (Å²) in [6, 6.07) is 6.70. The molecule has 20 heavy (non-hydrogen) atoms. The van der Waals surface area contributed by atoms with Crippen molar-refractivity contribution in [2.24, 2.45) is 5.92 Å². The maximum Gasteiger partial charge on any atom is 0.224 e. The van der Waals surface area contributed by atoms with E-state index < -0.39 is 0 Å². The Bertz CT molecular complexity index is 478. The molecule has 0 radical (unpaired) electrons. The Morgan fingerprint density at radius 3 is 2.85 bits per heavy atom. The van der Waals surface area contributed by atoms with E-state index in [4.69, 9.17) is 0 Å². The van der Waals surface area contributed by atoms with Crippen molar-refractivity contribution in [3.63, 3.8) is 0 Å². The van der Waals surface area contributed by atoms with E-state index in [1.165, 1.54) is 42.4 Å². The summed E-state index contributed by atoms with van der Waals surface area (Å²) in [5.74, 6) is 0.358. The third-order valence-corrected chi connectivity index (χ3v) is 4.55. The van der Waals surface area contributed by atoms with E-state index in [0.29, 0.717) is 6.54 Å². The number of hydrogen-bond donors (Lipinski definition) is 2. The minimum absolute atomic E-state index is 0.154. The highest BCUT2D eigenvalue weighted by atomic mass is 16.1. The van der Waals surface area contributed by atoms with E-state index in [-0.39, 0.29) is 11.8 Å². The molecule has 3 heteroatoms. The van der Waals surface area contributed by atoms with Gasteiger partial charge in [0.05, 0.1) is 5.92 Å². The van der Waals surface area contributed by atoms with Crippen molar-refractivity contribution in [2.75, 3.05) is 13.1 Å². The lowest BCUT2D eigenvalue weighted by atomic mass is 9.90. The summed E-state index contributed by atoms with van der Waals surface area (Å²) in [5.41, 5.74) is 4.23. The monoisotopic (exact) mass is 272 g/mol. The number of hydrogen-bond acceptors (Lipinski definition) is 2. The third kappa shape index (κ3) is 3.21. The molecule has 2 N–H and O–H groups in total. The second-order valence-corrected chi connectivity index (χ2v) is 6.07. The fourth-order valence-electron chi connectivity index (χ4n) is 3.31. The van der Waals surface area contributed by atoms with Crippen molar-refractivity contribution in [3.8, 4) is 0 Å². The minimum atomic E-state index is 0.154. The van der Waals surface area contributed by atoms with E-state index in [1.807, 2.05) is 0 Å². The molecular formula is C17H24N2O. The zero-order chi connectivity index (χ0) is 13.8. The van der Waals surface area contributed by atoms with Gasteiger partial charge in [0.1, 0.15) is 0 Å². The number of rotatable bonds is 3. The Kier molecular flexibility index (Phi) is 4.36. The quantitative estimate of drug-likeness (QED) is 0.885. The van der Waals surface area contributed by atoms with Crippen LogP contribution in [0.25, 0.3) is 0 Å². The van der Waals surface area contributed by atoms with Crippen LogP contribution in [0.5, 0.6) is 0 Å². The zero-order valence-corrected chi connectivity index (χ0v) is 12.1. The van der Waals surface area contributed by atoms with Crippen LogP contribution >= 0.6 is 0 Å². The smallest absolute Gasteiger partial charge is 0.224 e. The topological polar surface area (TPSA) is 41.1 Å². The van der Waals surface area contributed by atoms with Gasteiger partial charge in [-0.1, -0.05) is 18.2 Å². The number of benzene rings is 1. The summed E-state index contributed by atoms with van der Waals surface area (Å²) < 4.78 is 0. The van der Waals surface area contributed by atoms with Gasteiger partial charge < -0.3 is 10.6 Å². The van der Waals surface area contributed by atoms with Crippen molar-refractivity contribution < 1.29 is 4.79 Å². The Labute approximate surface area is 121 Å². The molecule has 2 aliphatic rings. The number of carbonyl (C=O) groups excluding carboxylic acids is 1. The number of amides is 1. The van der Waals surface area contributed by atoms with Crippen LogP contribution in [0.3, 0.4) is 0 Å². The molecule has 1 fully saturated rings.